The zero-order valence-corrected chi connectivity index (χ0v) is 13.4. The summed E-state index contributed by atoms with van der Waals surface area (Å²) in [4.78, 5) is 5.76. The highest BCUT2D eigenvalue weighted by atomic mass is 79.9. The zero-order valence-electron chi connectivity index (χ0n) is 11.0. The smallest absolute Gasteiger partial charge is 0.101 e. The Labute approximate surface area is 125 Å². The number of nitrogens with zero attached hydrogens (tertiary/aromatic N) is 2. The number of nitriles is 1. The molecule has 0 saturated carbocycles. The molecule has 19 heavy (non-hydrogen) atoms. The maximum atomic E-state index is 9.13. The summed E-state index contributed by atoms with van der Waals surface area (Å²) >= 11 is 5.12. The van der Waals surface area contributed by atoms with E-state index < -0.39 is 0 Å². The second-order valence-corrected chi connectivity index (χ2v) is 6.67. The van der Waals surface area contributed by atoms with Crippen molar-refractivity contribution < 1.29 is 0 Å². The first-order valence-corrected chi connectivity index (χ1v) is 7.52. The maximum absolute atomic E-state index is 9.13. The first kappa shape index (κ1) is 14.0. The van der Waals surface area contributed by atoms with Crippen LogP contribution in [0.2, 0.25) is 0 Å². The maximum Gasteiger partial charge on any atom is 0.101 e. The largest absolute Gasteiger partial charge is 0.376 e. The Balaban J connectivity index is 2.29. The Morgan fingerprint density at radius 1 is 1.42 bits per heavy atom. The summed E-state index contributed by atoms with van der Waals surface area (Å²) in [6, 6.07) is 7.87. The highest BCUT2D eigenvalue weighted by Gasteiger charge is 2.14. The van der Waals surface area contributed by atoms with Crippen LogP contribution in [-0.4, -0.2) is 4.98 Å². The summed E-state index contributed by atoms with van der Waals surface area (Å²) in [7, 11) is 0. The minimum absolute atomic E-state index is 0.0753. The lowest BCUT2D eigenvalue weighted by molar-refractivity contribution is 0.836. The number of hydrogen-bond donors (Lipinski definition) is 1. The quantitative estimate of drug-likeness (QED) is 0.893. The number of thiazole rings is 1. The predicted molar refractivity (Wildman–Crippen MR) is 82.5 cm³/mol. The molecule has 2 rings (SSSR count). The number of halogens is 1. The average molecular weight is 336 g/mol. The summed E-state index contributed by atoms with van der Waals surface area (Å²) < 4.78 is 0.951. The third-order valence-corrected chi connectivity index (χ3v) is 4.22. The monoisotopic (exact) mass is 335 g/mol. The van der Waals surface area contributed by atoms with E-state index in [1.165, 1.54) is 4.88 Å². The SMILES string of the molecule is Cc1nc(C(C)Nc2cc(Br)ccc2C#N)c(C)s1. The van der Waals surface area contributed by atoms with E-state index in [2.05, 4.69) is 46.1 Å². The summed E-state index contributed by atoms with van der Waals surface area (Å²) in [5.41, 5.74) is 2.51. The number of rotatable bonds is 3. The fraction of sp³-hybridized carbons (Fsp3) is 0.286. The third-order valence-electron chi connectivity index (χ3n) is 2.82. The lowest BCUT2D eigenvalue weighted by atomic mass is 10.1. The molecule has 98 valence electrons. The van der Waals surface area contributed by atoms with Crippen LogP contribution in [0.3, 0.4) is 0 Å². The van der Waals surface area contributed by atoms with Gasteiger partial charge in [-0.05, 0) is 39.0 Å². The number of nitrogens with one attached hydrogen (secondary N) is 1. The van der Waals surface area contributed by atoms with Crippen molar-refractivity contribution in [3.63, 3.8) is 0 Å². The van der Waals surface area contributed by atoms with Crippen LogP contribution in [0, 0.1) is 25.2 Å². The van der Waals surface area contributed by atoms with Crippen LogP contribution in [0.5, 0.6) is 0 Å². The van der Waals surface area contributed by atoms with Crippen molar-refractivity contribution in [1.82, 2.24) is 4.98 Å². The molecule has 1 aromatic carbocycles. The first-order chi connectivity index (χ1) is 9.01. The van der Waals surface area contributed by atoms with Gasteiger partial charge < -0.3 is 5.32 Å². The molecule has 1 atom stereocenters. The van der Waals surface area contributed by atoms with Gasteiger partial charge >= 0.3 is 0 Å². The second-order valence-electron chi connectivity index (χ2n) is 4.34. The molecule has 5 heteroatoms. The molecule has 0 amide bonds. The number of benzene rings is 1. The molecule has 1 aromatic heterocycles. The van der Waals surface area contributed by atoms with E-state index in [0.29, 0.717) is 5.56 Å². The number of anilines is 1. The number of aryl methyl sites for hydroxylation is 2. The highest BCUT2D eigenvalue weighted by molar-refractivity contribution is 9.10. The van der Waals surface area contributed by atoms with Crippen molar-refractivity contribution in [3.8, 4) is 6.07 Å². The minimum Gasteiger partial charge on any atom is -0.376 e. The number of aromatic nitrogens is 1. The van der Waals surface area contributed by atoms with Gasteiger partial charge in [0, 0.05) is 9.35 Å². The third kappa shape index (κ3) is 3.14. The van der Waals surface area contributed by atoms with Crippen LogP contribution in [0.25, 0.3) is 0 Å². The van der Waals surface area contributed by atoms with Crippen LogP contribution in [0.4, 0.5) is 5.69 Å². The van der Waals surface area contributed by atoms with Crippen LogP contribution in [0.15, 0.2) is 22.7 Å². The van der Waals surface area contributed by atoms with Crippen molar-refractivity contribution in [2.45, 2.75) is 26.8 Å². The van der Waals surface area contributed by atoms with Gasteiger partial charge in [-0.1, -0.05) is 15.9 Å². The van der Waals surface area contributed by atoms with Gasteiger partial charge in [0.15, 0.2) is 0 Å². The Kier molecular flexibility index (Phi) is 4.23. The van der Waals surface area contributed by atoms with Gasteiger partial charge in [-0.25, -0.2) is 4.98 Å². The Morgan fingerprint density at radius 3 is 2.74 bits per heavy atom. The summed E-state index contributed by atoms with van der Waals surface area (Å²) in [6.45, 7) is 6.14. The van der Waals surface area contributed by atoms with Gasteiger partial charge in [0.2, 0.25) is 0 Å². The van der Waals surface area contributed by atoms with Gasteiger partial charge in [-0.15, -0.1) is 11.3 Å². The Hall–Kier alpha value is -1.38. The molecule has 1 unspecified atom stereocenters. The molecule has 0 aliphatic rings. The lowest BCUT2D eigenvalue weighted by Crippen LogP contribution is -2.09. The molecule has 0 radical (unpaired) electrons. The fourth-order valence-electron chi connectivity index (χ4n) is 1.98. The van der Waals surface area contributed by atoms with Crippen LogP contribution in [0.1, 0.15) is 34.1 Å². The van der Waals surface area contributed by atoms with E-state index in [4.69, 9.17) is 5.26 Å². The molecule has 0 spiro atoms. The Morgan fingerprint density at radius 2 is 2.16 bits per heavy atom. The lowest BCUT2D eigenvalue weighted by Gasteiger charge is -2.15. The molecule has 2 aromatic rings. The van der Waals surface area contributed by atoms with Gasteiger partial charge in [0.1, 0.15) is 6.07 Å². The van der Waals surface area contributed by atoms with E-state index in [1.807, 2.05) is 19.1 Å². The topological polar surface area (TPSA) is 48.7 Å². The van der Waals surface area contributed by atoms with E-state index in [1.54, 1.807) is 17.4 Å². The van der Waals surface area contributed by atoms with Crippen molar-refractivity contribution in [1.29, 1.82) is 5.26 Å². The molecule has 0 fully saturated rings. The zero-order chi connectivity index (χ0) is 14.0. The van der Waals surface area contributed by atoms with E-state index >= 15 is 0 Å². The van der Waals surface area contributed by atoms with Gasteiger partial charge in [0.25, 0.3) is 0 Å². The van der Waals surface area contributed by atoms with Crippen molar-refractivity contribution in [2.75, 3.05) is 5.32 Å². The average Bonchev–Trinajstić information content (AvgIpc) is 2.69. The normalized spacial score (nSPS) is 11.9. The second kappa shape index (κ2) is 5.72. The standard InChI is InChI=1S/C14H14BrN3S/c1-8(14-9(2)19-10(3)18-14)17-13-6-12(15)5-4-11(13)7-16/h4-6,8,17H,1-3H3. The minimum atomic E-state index is 0.0753. The van der Waals surface area contributed by atoms with Gasteiger partial charge in [-0.3, -0.25) is 0 Å². The van der Waals surface area contributed by atoms with Gasteiger partial charge in [-0.2, -0.15) is 5.26 Å². The molecule has 0 saturated heterocycles. The highest BCUT2D eigenvalue weighted by Crippen LogP contribution is 2.28. The molecule has 0 bridgehead atoms. The number of hydrogen-bond acceptors (Lipinski definition) is 4. The fourth-order valence-corrected chi connectivity index (χ4v) is 3.26. The van der Waals surface area contributed by atoms with E-state index in [9.17, 15) is 0 Å². The van der Waals surface area contributed by atoms with Crippen molar-refractivity contribution >= 4 is 33.0 Å². The molecule has 3 nitrogen and oxygen atoms in total. The molecule has 1 heterocycles. The van der Waals surface area contributed by atoms with E-state index in [0.717, 1.165) is 20.9 Å². The predicted octanol–water partition coefficient (Wildman–Crippen LogP) is 4.57. The van der Waals surface area contributed by atoms with Crippen LogP contribution < -0.4 is 5.32 Å². The van der Waals surface area contributed by atoms with Gasteiger partial charge in [0.05, 0.1) is 28.0 Å². The molecule has 0 aliphatic heterocycles. The molecular weight excluding hydrogens is 322 g/mol. The first-order valence-electron chi connectivity index (χ1n) is 5.91. The molecular formula is C14H14BrN3S. The Bertz CT molecular complexity index is 643. The van der Waals surface area contributed by atoms with Crippen molar-refractivity contribution in [2.24, 2.45) is 0 Å². The summed E-state index contributed by atoms with van der Waals surface area (Å²) in [5.74, 6) is 0. The van der Waals surface area contributed by atoms with E-state index in [-0.39, 0.29) is 6.04 Å². The van der Waals surface area contributed by atoms with Crippen LogP contribution >= 0.6 is 27.3 Å². The van der Waals surface area contributed by atoms with Crippen LogP contribution in [-0.2, 0) is 0 Å². The summed E-state index contributed by atoms with van der Waals surface area (Å²) in [5, 5.41) is 13.6. The van der Waals surface area contributed by atoms with Crippen molar-refractivity contribution in [3.05, 3.63) is 43.8 Å². The molecule has 0 aliphatic carbocycles. The molecule has 1 N–H and O–H groups in total. The summed E-state index contributed by atoms with van der Waals surface area (Å²) in [6.07, 6.45) is 0.